The number of hydrogen-bond acceptors (Lipinski definition) is 6. The van der Waals surface area contributed by atoms with Crippen LogP contribution in [0.4, 0.5) is 5.95 Å². The van der Waals surface area contributed by atoms with Gasteiger partial charge in [-0.2, -0.15) is 0 Å². The SMILES string of the molecule is COCc1cccc(C(=O)NC[C@@]2(O)CCCN(c3ncccn3)C2)c1. The second-order valence-corrected chi connectivity index (χ2v) is 6.61. The molecule has 1 aliphatic heterocycles. The lowest BCUT2D eigenvalue weighted by Gasteiger charge is -2.39. The molecule has 0 radical (unpaired) electrons. The minimum Gasteiger partial charge on any atom is -0.386 e. The van der Waals surface area contributed by atoms with Crippen molar-refractivity contribution >= 4 is 11.9 Å². The largest absolute Gasteiger partial charge is 0.386 e. The van der Waals surface area contributed by atoms with E-state index in [1.54, 1.807) is 37.7 Å². The Morgan fingerprint density at radius 3 is 2.92 bits per heavy atom. The van der Waals surface area contributed by atoms with Gasteiger partial charge in [-0.05, 0) is 36.6 Å². The Balaban J connectivity index is 1.61. The van der Waals surface area contributed by atoms with Crippen LogP contribution in [0.15, 0.2) is 42.7 Å². The number of aromatic nitrogens is 2. The third kappa shape index (κ3) is 4.56. The number of β-amino-alcohol motifs (C(OH)–C–C–N with tert-alkyl or cyclic N) is 1. The zero-order valence-corrected chi connectivity index (χ0v) is 14.9. The highest BCUT2D eigenvalue weighted by atomic mass is 16.5. The molecule has 1 aromatic heterocycles. The number of aliphatic hydroxyl groups is 1. The molecule has 7 heteroatoms. The molecule has 1 atom stereocenters. The zero-order valence-electron chi connectivity index (χ0n) is 14.9. The molecule has 2 aromatic rings. The van der Waals surface area contributed by atoms with Crippen molar-refractivity contribution in [2.75, 3.05) is 31.6 Å². The predicted octanol–water partition coefficient (Wildman–Crippen LogP) is 1.38. The monoisotopic (exact) mass is 356 g/mol. The van der Waals surface area contributed by atoms with Crippen molar-refractivity contribution in [2.24, 2.45) is 0 Å². The highest BCUT2D eigenvalue weighted by Gasteiger charge is 2.34. The Kier molecular flexibility index (Phi) is 5.80. The van der Waals surface area contributed by atoms with Crippen LogP contribution in [0.3, 0.4) is 0 Å². The number of anilines is 1. The summed E-state index contributed by atoms with van der Waals surface area (Å²) in [4.78, 5) is 22.9. The van der Waals surface area contributed by atoms with E-state index >= 15 is 0 Å². The topological polar surface area (TPSA) is 87.6 Å². The molecular formula is C19H24N4O3. The van der Waals surface area contributed by atoms with Crippen LogP contribution < -0.4 is 10.2 Å². The van der Waals surface area contributed by atoms with E-state index in [1.807, 2.05) is 17.0 Å². The lowest BCUT2D eigenvalue weighted by Crippen LogP contribution is -2.54. The molecule has 1 aliphatic rings. The van der Waals surface area contributed by atoms with Crippen LogP contribution >= 0.6 is 0 Å². The fourth-order valence-corrected chi connectivity index (χ4v) is 3.20. The predicted molar refractivity (Wildman–Crippen MR) is 97.9 cm³/mol. The first-order chi connectivity index (χ1) is 12.6. The van der Waals surface area contributed by atoms with Gasteiger partial charge in [-0.15, -0.1) is 0 Å². The molecule has 1 saturated heterocycles. The summed E-state index contributed by atoms with van der Waals surface area (Å²) in [5, 5.41) is 13.8. The summed E-state index contributed by atoms with van der Waals surface area (Å²) >= 11 is 0. The Hall–Kier alpha value is -2.51. The normalized spacial score (nSPS) is 20.0. The standard InChI is InChI=1S/C19H24N4O3/c1-26-12-15-5-2-6-16(11-15)17(24)22-13-19(25)7-3-10-23(14-19)18-20-8-4-9-21-18/h2,4-6,8-9,11,25H,3,7,10,12-14H2,1H3,(H,22,24)/t19-/m0/s1. The Morgan fingerprint density at radius 2 is 2.15 bits per heavy atom. The van der Waals surface area contributed by atoms with Crippen LogP contribution in [0.5, 0.6) is 0 Å². The molecule has 0 saturated carbocycles. The van der Waals surface area contributed by atoms with Crippen molar-refractivity contribution in [3.05, 3.63) is 53.9 Å². The van der Waals surface area contributed by atoms with E-state index in [4.69, 9.17) is 4.74 Å². The van der Waals surface area contributed by atoms with Gasteiger partial charge >= 0.3 is 0 Å². The number of methoxy groups -OCH3 is 1. The van der Waals surface area contributed by atoms with Crippen LogP contribution in [-0.4, -0.2) is 53.3 Å². The molecule has 1 aromatic carbocycles. The van der Waals surface area contributed by atoms with Crippen molar-refractivity contribution in [3.8, 4) is 0 Å². The molecule has 0 aliphatic carbocycles. The summed E-state index contributed by atoms with van der Waals surface area (Å²) in [7, 11) is 1.62. The van der Waals surface area contributed by atoms with Crippen molar-refractivity contribution in [2.45, 2.75) is 25.0 Å². The fourth-order valence-electron chi connectivity index (χ4n) is 3.20. The maximum Gasteiger partial charge on any atom is 0.251 e. The second-order valence-electron chi connectivity index (χ2n) is 6.61. The molecular weight excluding hydrogens is 332 g/mol. The summed E-state index contributed by atoms with van der Waals surface area (Å²) in [5.74, 6) is 0.397. The van der Waals surface area contributed by atoms with Gasteiger partial charge in [0, 0.05) is 38.2 Å². The van der Waals surface area contributed by atoms with E-state index in [0.29, 0.717) is 31.1 Å². The van der Waals surface area contributed by atoms with Gasteiger partial charge in [0.1, 0.15) is 0 Å². The first-order valence-corrected chi connectivity index (χ1v) is 8.70. The number of amides is 1. The number of carbonyl (C=O) groups excluding carboxylic acids is 1. The Morgan fingerprint density at radius 1 is 1.35 bits per heavy atom. The molecule has 2 heterocycles. The number of nitrogens with one attached hydrogen (secondary N) is 1. The van der Waals surface area contributed by atoms with Crippen LogP contribution in [0.2, 0.25) is 0 Å². The molecule has 7 nitrogen and oxygen atoms in total. The minimum atomic E-state index is -1.00. The average molecular weight is 356 g/mol. The lowest BCUT2D eigenvalue weighted by atomic mass is 9.92. The maximum absolute atomic E-state index is 12.4. The number of ether oxygens (including phenoxy) is 1. The molecule has 0 bridgehead atoms. The molecule has 3 rings (SSSR count). The van der Waals surface area contributed by atoms with Gasteiger partial charge in [0.25, 0.3) is 5.91 Å². The summed E-state index contributed by atoms with van der Waals surface area (Å²) in [6.07, 6.45) is 4.81. The molecule has 0 spiro atoms. The van der Waals surface area contributed by atoms with Gasteiger partial charge in [-0.1, -0.05) is 12.1 Å². The smallest absolute Gasteiger partial charge is 0.251 e. The summed E-state index contributed by atoms with van der Waals surface area (Å²) in [6.45, 7) is 1.82. The number of piperidine rings is 1. The molecule has 1 amide bonds. The summed E-state index contributed by atoms with van der Waals surface area (Å²) < 4.78 is 5.10. The van der Waals surface area contributed by atoms with Crippen molar-refractivity contribution in [1.82, 2.24) is 15.3 Å². The van der Waals surface area contributed by atoms with E-state index < -0.39 is 5.60 Å². The quantitative estimate of drug-likeness (QED) is 0.813. The van der Waals surface area contributed by atoms with Crippen LogP contribution in [0.25, 0.3) is 0 Å². The fraction of sp³-hybridized carbons (Fsp3) is 0.421. The number of hydrogen-bond donors (Lipinski definition) is 2. The third-order valence-electron chi connectivity index (χ3n) is 4.47. The number of carbonyl (C=O) groups is 1. The number of benzene rings is 1. The minimum absolute atomic E-state index is 0.184. The van der Waals surface area contributed by atoms with Gasteiger partial charge in [-0.25, -0.2) is 9.97 Å². The maximum atomic E-state index is 12.4. The van der Waals surface area contributed by atoms with E-state index in [-0.39, 0.29) is 12.5 Å². The molecule has 1 fully saturated rings. The highest BCUT2D eigenvalue weighted by molar-refractivity contribution is 5.94. The number of rotatable bonds is 6. The van der Waals surface area contributed by atoms with E-state index in [0.717, 1.165) is 18.5 Å². The van der Waals surface area contributed by atoms with Gasteiger partial charge < -0.3 is 20.1 Å². The van der Waals surface area contributed by atoms with Crippen molar-refractivity contribution in [1.29, 1.82) is 0 Å². The molecule has 0 unspecified atom stereocenters. The Labute approximate surface area is 153 Å². The van der Waals surface area contributed by atoms with E-state index in [1.165, 1.54) is 0 Å². The first kappa shape index (κ1) is 18.3. The first-order valence-electron chi connectivity index (χ1n) is 8.70. The molecule has 2 N–H and O–H groups in total. The third-order valence-corrected chi connectivity index (χ3v) is 4.47. The Bertz CT molecular complexity index is 741. The molecule has 138 valence electrons. The van der Waals surface area contributed by atoms with Gasteiger partial charge in [0.2, 0.25) is 5.95 Å². The van der Waals surface area contributed by atoms with E-state index in [9.17, 15) is 9.90 Å². The van der Waals surface area contributed by atoms with E-state index in [2.05, 4.69) is 15.3 Å². The lowest BCUT2D eigenvalue weighted by molar-refractivity contribution is 0.0252. The highest BCUT2D eigenvalue weighted by Crippen LogP contribution is 2.23. The van der Waals surface area contributed by atoms with Crippen LogP contribution in [0, 0.1) is 0 Å². The zero-order chi connectivity index (χ0) is 18.4. The summed E-state index contributed by atoms with van der Waals surface area (Å²) in [6, 6.07) is 9.05. The van der Waals surface area contributed by atoms with Crippen LogP contribution in [-0.2, 0) is 11.3 Å². The van der Waals surface area contributed by atoms with Crippen molar-refractivity contribution < 1.29 is 14.6 Å². The molecule has 26 heavy (non-hydrogen) atoms. The van der Waals surface area contributed by atoms with Gasteiger partial charge in [0.05, 0.1) is 18.8 Å². The van der Waals surface area contributed by atoms with Gasteiger partial charge in [0.15, 0.2) is 0 Å². The van der Waals surface area contributed by atoms with Crippen molar-refractivity contribution in [3.63, 3.8) is 0 Å². The number of nitrogens with zero attached hydrogens (tertiary/aromatic N) is 3. The van der Waals surface area contributed by atoms with Gasteiger partial charge in [-0.3, -0.25) is 4.79 Å². The summed E-state index contributed by atoms with van der Waals surface area (Å²) in [5.41, 5.74) is 0.489. The average Bonchev–Trinajstić information content (AvgIpc) is 2.67. The second kappa shape index (κ2) is 8.25. The van der Waals surface area contributed by atoms with Crippen LogP contribution in [0.1, 0.15) is 28.8 Å².